The van der Waals surface area contributed by atoms with Gasteiger partial charge in [-0.2, -0.15) is 0 Å². The first-order valence-corrected chi connectivity index (χ1v) is 5.87. The van der Waals surface area contributed by atoms with Crippen LogP contribution in [0.3, 0.4) is 0 Å². The van der Waals surface area contributed by atoms with Crippen molar-refractivity contribution in [1.29, 1.82) is 0 Å². The Bertz CT molecular complexity index is 579. The van der Waals surface area contributed by atoms with Gasteiger partial charge in [0.05, 0.1) is 5.56 Å². The van der Waals surface area contributed by atoms with Gasteiger partial charge in [-0.25, -0.2) is 0 Å². The van der Waals surface area contributed by atoms with Crippen molar-refractivity contribution >= 4 is 28.9 Å². The smallest absolute Gasteiger partial charge is 0.257 e. The van der Waals surface area contributed by atoms with Crippen molar-refractivity contribution in [3.63, 3.8) is 0 Å². The zero-order valence-electron chi connectivity index (χ0n) is 9.91. The van der Waals surface area contributed by atoms with Gasteiger partial charge in [0.1, 0.15) is 0 Å². The number of benzene rings is 2. The number of nitrogens with two attached hydrogens (primary N) is 1. The number of nitrogen functional groups attached to an aromatic ring is 1. The van der Waals surface area contributed by atoms with Crippen LogP contribution in [0.25, 0.3) is 0 Å². The monoisotopic (exact) mass is 260 g/mol. The lowest BCUT2D eigenvalue weighted by Gasteiger charge is -2.08. The van der Waals surface area contributed by atoms with Gasteiger partial charge in [-0.3, -0.25) is 4.79 Å². The number of halogens is 1. The molecule has 0 fully saturated rings. The predicted octanol–water partition coefficient (Wildman–Crippen LogP) is 3.48. The third kappa shape index (κ3) is 2.81. The van der Waals surface area contributed by atoms with Crippen LogP contribution in [0.2, 0.25) is 5.02 Å². The Morgan fingerprint density at radius 2 is 1.83 bits per heavy atom. The summed E-state index contributed by atoms with van der Waals surface area (Å²) < 4.78 is 0. The fraction of sp³-hybridized carbons (Fsp3) is 0.0714. The van der Waals surface area contributed by atoms with E-state index in [4.69, 9.17) is 17.3 Å². The summed E-state index contributed by atoms with van der Waals surface area (Å²) in [5.41, 5.74) is 8.47. The van der Waals surface area contributed by atoms with Gasteiger partial charge in [0.2, 0.25) is 0 Å². The minimum atomic E-state index is -0.227. The molecule has 2 aromatic carbocycles. The van der Waals surface area contributed by atoms with Crippen LogP contribution < -0.4 is 11.1 Å². The third-order valence-corrected chi connectivity index (χ3v) is 2.81. The number of carbonyl (C=O) groups excluding carboxylic acids is 1. The van der Waals surface area contributed by atoms with Crippen LogP contribution in [-0.2, 0) is 0 Å². The summed E-state index contributed by atoms with van der Waals surface area (Å²) in [6.07, 6.45) is 0. The molecule has 0 bridgehead atoms. The molecule has 0 unspecified atom stereocenters. The predicted molar refractivity (Wildman–Crippen MR) is 75.0 cm³/mol. The molecule has 0 saturated heterocycles. The van der Waals surface area contributed by atoms with Crippen LogP contribution in [0, 0.1) is 6.92 Å². The van der Waals surface area contributed by atoms with E-state index in [2.05, 4.69) is 5.32 Å². The fourth-order valence-corrected chi connectivity index (χ4v) is 1.75. The van der Waals surface area contributed by atoms with Gasteiger partial charge in [-0.15, -0.1) is 0 Å². The lowest BCUT2D eigenvalue weighted by atomic mass is 10.1. The zero-order chi connectivity index (χ0) is 13.1. The maximum atomic E-state index is 12.0. The molecule has 3 nitrogen and oxygen atoms in total. The Labute approximate surface area is 111 Å². The molecule has 0 spiro atoms. The minimum Gasteiger partial charge on any atom is -0.398 e. The van der Waals surface area contributed by atoms with Crippen LogP contribution in [0.1, 0.15) is 15.9 Å². The second-order valence-corrected chi connectivity index (χ2v) is 4.49. The summed E-state index contributed by atoms with van der Waals surface area (Å²) in [4.78, 5) is 12.0. The Hall–Kier alpha value is -2.00. The first-order chi connectivity index (χ1) is 8.56. The first kappa shape index (κ1) is 12.5. The van der Waals surface area contributed by atoms with E-state index < -0.39 is 0 Å². The van der Waals surface area contributed by atoms with E-state index in [0.29, 0.717) is 22.0 Å². The molecule has 2 rings (SSSR count). The normalized spacial score (nSPS) is 10.1. The summed E-state index contributed by atoms with van der Waals surface area (Å²) in [6, 6.07) is 12.3. The molecule has 0 atom stereocenters. The topological polar surface area (TPSA) is 55.1 Å². The van der Waals surface area contributed by atoms with Gasteiger partial charge in [0.15, 0.2) is 0 Å². The standard InChI is InChI=1S/C14H13ClN2O/c1-9-2-7-12(13(16)8-9)14(18)17-11-5-3-10(15)4-6-11/h2-8H,16H2,1H3,(H,17,18). The first-order valence-electron chi connectivity index (χ1n) is 5.49. The van der Waals surface area contributed by atoms with Crippen molar-refractivity contribution in [3.05, 3.63) is 58.6 Å². The number of anilines is 2. The van der Waals surface area contributed by atoms with Crippen LogP contribution in [0.5, 0.6) is 0 Å². The summed E-state index contributed by atoms with van der Waals surface area (Å²) in [7, 11) is 0. The van der Waals surface area contributed by atoms with E-state index in [-0.39, 0.29) is 5.91 Å². The van der Waals surface area contributed by atoms with Gasteiger partial charge < -0.3 is 11.1 Å². The van der Waals surface area contributed by atoms with E-state index >= 15 is 0 Å². The van der Waals surface area contributed by atoms with E-state index in [1.165, 1.54) is 0 Å². The van der Waals surface area contributed by atoms with Gasteiger partial charge >= 0.3 is 0 Å². The number of carbonyl (C=O) groups is 1. The summed E-state index contributed by atoms with van der Waals surface area (Å²) in [5.74, 6) is -0.227. The Morgan fingerprint density at radius 1 is 1.17 bits per heavy atom. The average molecular weight is 261 g/mol. The number of amides is 1. The largest absolute Gasteiger partial charge is 0.398 e. The van der Waals surface area contributed by atoms with Crippen LogP contribution in [0.4, 0.5) is 11.4 Å². The second kappa shape index (κ2) is 5.10. The van der Waals surface area contributed by atoms with E-state index in [1.807, 2.05) is 13.0 Å². The second-order valence-electron chi connectivity index (χ2n) is 4.05. The number of aryl methyl sites for hydroxylation is 1. The third-order valence-electron chi connectivity index (χ3n) is 2.55. The highest BCUT2D eigenvalue weighted by Crippen LogP contribution is 2.17. The highest BCUT2D eigenvalue weighted by molar-refractivity contribution is 6.30. The lowest BCUT2D eigenvalue weighted by Crippen LogP contribution is -2.14. The van der Waals surface area contributed by atoms with E-state index in [1.54, 1.807) is 36.4 Å². The number of nitrogens with one attached hydrogen (secondary N) is 1. The van der Waals surface area contributed by atoms with Crippen molar-refractivity contribution in [2.24, 2.45) is 0 Å². The Kier molecular flexibility index (Phi) is 3.53. The van der Waals surface area contributed by atoms with Gasteiger partial charge in [0.25, 0.3) is 5.91 Å². The molecule has 0 aliphatic rings. The van der Waals surface area contributed by atoms with Crippen LogP contribution in [0.15, 0.2) is 42.5 Å². The number of rotatable bonds is 2. The maximum absolute atomic E-state index is 12.0. The average Bonchev–Trinajstić information content (AvgIpc) is 2.32. The lowest BCUT2D eigenvalue weighted by molar-refractivity contribution is 0.102. The molecule has 2 aromatic rings. The minimum absolute atomic E-state index is 0.227. The Morgan fingerprint density at radius 3 is 2.44 bits per heavy atom. The van der Waals surface area contributed by atoms with Gasteiger partial charge in [0, 0.05) is 16.4 Å². The molecule has 0 radical (unpaired) electrons. The number of hydrogen-bond acceptors (Lipinski definition) is 2. The van der Waals surface area contributed by atoms with Crippen molar-refractivity contribution in [2.75, 3.05) is 11.1 Å². The van der Waals surface area contributed by atoms with Crippen LogP contribution >= 0.6 is 11.6 Å². The molecule has 18 heavy (non-hydrogen) atoms. The molecule has 0 saturated carbocycles. The SMILES string of the molecule is Cc1ccc(C(=O)Nc2ccc(Cl)cc2)c(N)c1. The highest BCUT2D eigenvalue weighted by Gasteiger charge is 2.09. The quantitative estimate of drug-likeness (QED) is 0.812. The molecule has 0 heterocycles. The molecular weight excluding hydrogens is 248 g/mol. The van der Waals surface area contributed by atoms with Crippen LogP contribution in [-0.4, -0.2) is 5.91 Å². The van der Waals surface area contributed by atoms with Gasteiger partial charge in [-0.05, 0) is 48.9 Å². The Balaban J connectivity index is 2.19. The molecule has 0 aliphatic carbocycles. The molecule has 92 valence electrons. The maximum Gasteiger partial charge on any atom is 0.257 e. The van der Waals surface area contributed by atoms with Crippen molar-refractivity contribution < 1.29 is 4.79 Å². The molecule has 0 aliphatic heterocycles. The van der Waals surface area contributed by atoms with Crippen molar-refractivity contribution in [1.82, 2.24) is 0 Å². The fourth-order valence-electron chi connectivity index (χ4n) is 1.62. The van der Waals surface area contributed by atoms with E-state index in [9.17, 15) is 4.79 Å². The molecule has 4 heteroatoms. The summed E-state index contributed by atoms with van der Waals surface area (Å²) in [6.45, 7) is 1.93. The zero-order valence-corrected chi connectivity index (χ0v) is 10.7. The van der Waals surface area contributed by atoms with E-state index in [0.717, 1.165) is 5.56 Å². The van der Waals surface area contributed by atoms with Gasteiger partial charge in [-0.1, -0.05) is 17.7 Å². The molecule has 0 aromatic heterocycles. The number of hydrogen-bond donors (Lipinski definition) is 2. The van der Waals surface area contributed by atoms with Crippen molar-refractivity contribution in [3.8, 4) is 0 Å². The molecular formula is C14H13ClN2O. The molecule has 1 amide bonds. The molecule has 3 N–H and O–H groups in total. The summed E-state index contributed by atoms with van der Waals surface area (Å²) >= 11 is 5.78. The van der Waals surface area contributed by atoms with Crippen molar-refractivity contribution in [2.45, 2.75) is 6.92 Å². The summed E-state index contributed by atoms with van der Waals surface area (Å²) in [5, 5.41) is 3.40. The highest BCUT2D eigenvalue weighted by atomic mass is 35.5.